The van der Waals surface area contributed by atoms with Gasteiger partial charge >= 0.3 is 12.2 Å². The predicted octanol–water partition coefficient (Wildman–Crippen LogP) is 7.33. The highest BCUT2D eigenvalue weighted by molar-refractivity contribution is 6.08. The number of anilines is 4. The number of amides is 2. The molecule has 1 aliphatic heterocycles. The molecule has 2 amide bonds. The zero-order valence-corrected chi connectivity index (χ0v) is 26.0. The molecule has 0 bridgehead atoms. The van der Waals surface area contributed by atoms with Crippen LogP contribution in [0.15, 0.2) is 85.2 Å². The van der Waals surface area contributed by atoms with Crippen LogP contribution in [0.1, 0.15) is 12.0 Å². The number of rotatable bonds is 8. The lowest BCUT2D eigenvalue weighted by molar-refractivity contribution is -0.137. The van der Waals surface area contributed by atoms with Crippen LogP contribution in [-0.4, -0.2) is 66.2 Å². The maximum Gasteiger partial charge on any atom is 0.416 e. The Morgan fingerprint density at radius 3 is 2.47 bits per heavy atom. The number of halogens is 3. The van der Waals surface area contributed by atoms with Gasteiger partial charge in [0.05, 0.1) is 33.9 Å². The first kappa shape index (κ1) is 31.5. The molecule has 47 heavy (non-hydrogen) atoms. The fourth-order valence-electron chi connectivity index (χ4n) is 5.62. The zero-order valence-electron chi connectivity index (χ0n) is 26.0. The Kier molecular flexibility index (Phi) is 8.81. The fraction of sp³-hybridized carbons (Fsp3) is 0.235. The lowest BCUT2D eigenvalue weighted by atomic mass is 10.1. The first-order chi connectivity index (χ1) is 22.6. The Morgan fingerprint density at radius 1 is 0.936 bits per heavy atom. The van der Waals surface area contributed by atoms with E-state index in [1.54, 1.807) is 43.7 Å². The van der Waals surface area contributed by atoms with Gasteiger partial charge in [0, 0.05) is 49.3 Å². The Labute approximate surface area is 269 Å². The van der Waals surface area contributed by atoms with Crippen LogP contribution in [0.25, 0.3) is 22.0 Å². The number of aromatic nitrogens is 3. The van der Waals surface area contributed by atoms with Crippen LogP contribution in [0, 0.1) is 0 Å². The SMILES string of the molecule is CNc1nccc(-c2cccnc2Oc2ccc(NC(=O)Nc3cc(C(F)(F)F)ccc3N3CC[C@H](N(C)C)C3)c3ccccc23)n1. The second kappa shape index (κ2) is 13.1. The van der Waals surface area contributed by atoms with E-state index in [4.69, 9.17) is 4.74 Å². The smallest absolute Gasteiger partial charge is 0.416 e. The summed E-state index contributed by atoms with van der Waals surface area (Å²) in [5.41, 5.74) is 1.49. The third-order valence-electron chi connectivity index (χ3n) is 8.07. The maximum atomic E-state index is 13.7. The molecule has 13 heteroatoms. The molecule has 5 aromatic rings. The van der Waals surface area contributed by atoms with Gasteiger partial charge < -0.3 is 30.5 Å². The van der Waals surface area contributed by atoms with Gasteiger partial charge in [-0.1, -0.05) is 24.3 Å². The Balaban J connectivity index is 1.27. The average Bonchev–Trinajstić information content (AvgIpc) is 3.56. The van der Waals surface area contributed by atoms with E-state index in [2.05, 4.69) is 35.8 Å². The number of urea groups is 1. The molecule has 1 saturated heterocycles. The predicted molar refractivity (Wildman–Crippen MR) is 177 cm³/mol. The third-order valence-corrected chi connectivity index (χ3v) is 8.07. The average molecular weight is 643 g/mol. The molecule has 0 aliphatic carbocycles. The highest BCUT2D eigenvalue weighted by Crippen LogP contribution is 2.39. The summed E-state index contributed by atoms with van der Waals surface area (Å²) in [4.78, 5) is 30.6. The minimum Gasteiger partial charge on any atom is -0.438 e. The number of ether oxygens (including phenoxy) is 1. The highest BCUT2D eigenvalue weighted by atomic mass is 19.4. The van der Waals surface area contributed by atoms with Gasteiger partial charge in [0.25, 0.3) is 0 Å². The molecule has 1 atom stereocenters. The van der Waals surface area contributed by atoms with Crippen molar-refractivity contribution in [2.24, 2.45) is 0 Å². The van der Waals surface area contributed by atoms with Gasteiger partial charge in [-0.05, 0) is 69.0 Å². The van der Waals surface area contributed by atoms with Gasteiger partial charge in [0.15, 0.2) is 0 Å². The summed E-state index contributed by atoms with van der Waals surface area (Å²) in [7, 11) is 5.68. The molecule has 1 fully saturated rings. The number of alkyl halides is 3. The standard InChI is InChI=1S/C34H33F3N8O2/c1-38-32-40-17-14-27(41-32)25-9-6-16-39-31(25)47-30-13-11-26(23-7-4-5-8-24(23)30)42-33(46)43-28-19-21(34(35,36)37)10-12-29(28)45-18-15-22(20-45)44(2)3/h4-14,16-17,19,22H,15,18,20H2,1-3H3,(H,38,40,41)(H2,42,43,46)/t22-/m0/s1. The van der Waals surface area contributed by atoms with Gasteiger partial charge in [-0.2, -0.15) is 13.2 Å². The van der Waals surface area contributed by atoms with Crippen LogP contribution in [0.5, 0.6) is 11.6 Å². The van der Waals surface area contributed by atoms with E-state index in [1.165, 1.54) is 6.07 Å². The summed E-state index contributed by atoms with van der Waals surface area (Å²) in [6.07, 6.45) is -0.451. The van der Waals surface area contributed by atoms with Crippen LogP contribution in [0.4, 0.5) is 41.0 Å². The van der Waals surface area contributed by atoms with Crippen molar-refractivity contribution in [1.82, 2.24) is 19.9 Å². The van der Waals surface area contributed by atoms with E-state index < -0.39 is 17.8 Å². The van der Waals surface area contributed by atoms with Gasteiger partial charge in [0.1, 0.15) is 5.75 Å². The van der Waals surface area contributed by atoms with Crippen molar-refractivity contribution in [3.8, 4) is 22.9 Å². The molecule has 2 aromatic heterocycles. The van der Waals surface area contributed by atoms with Crippen LogP contribution < -0.4 is 25.6 Å². The van der Waals surface area contributed by atoms with Crippen molar-refractivity contribution in [2.45, 2.75) is 18.6 Å². The maximum absolute atomic E-state index is 13.7. The number of benzene rings is 3. The van der Waals surface area contributed by atoms with Crippen LogP contribution in [0.2, 0.25) is 0 Å². The highest BCUT2D eigenvalue weighted by Gasteiger charge is 2.33. The molecule has 3 aromatic carbocycles. The molecular weight excluding hydrogens is 609 g/mol. The van der Waals surface area contributed by atoms with Crippen molar-refractivity contribution >= 4 is 39.8 Å². The topological polar surface area (TPSA) is 108 Å². The quantitative estimate of drug-likeness (QED) is 0.162. The lowest BCUT2D eigenvalue weighted by Crippen LogP contribution is -2.32. The Hall–Kier alpha value is -5.43. The first-order valence-electron chi connectivity index (χ1n) is 15.0. The normalized spacial score (nSPS) is 14.8. The van der Waals surface area contributed by atoms with Crippen molar-refractivity contribution < 1.29 is 22.7 Å². The summed E-state index contributed by atoms with van der Waals surface area (Å²) in [5, 5.41) is 9.78. The number of nitrogens with one attached hydrogen (secondary N) is 3. The van der Waals surface area contributed by atoms with E-state index in [0.717, 1.165) is 18.6 Å². The number of carbonyl (C=O) groups excluding carboxylic acids is 1. The van der Waals surface area contributed by atoms with Gasteiger partial charge in [0.2, 0.25) is 11.8 Å². The van der Waals surface area contributed by atoms with Crippen molar-refractivity contribution in [2.75, 3.05) is 55.1 Å². The molecule has 6 rings (SSSR count). The van der Waals surface area contributed by atoms with Crippen LogP contribution in [0.3, 0.4) is 0 Å². The lowest BCUT2D eigenvalue weighted by Gasteiger charge is -2.25. The van der Waals surface area contributed by atoms with E-state index in [9.17, 15) is 18.0 Å². The molecule has 0 saturated carbocycles. The van der Waals surface area contributed by atoms with Crippen LogP contribution >= 0.6 is 0 Å². The molecule has 0 spiro atoms. The number of pyridine rings is 1. The van der Waals surface area contributed by atoms with Gasteiger partial charge in [-0.3, -0.25) is 0 Å². The van der Waals surface area contributed by atoms with Crippen LogP contribution in [-0.2, 0) is 6.18 Å². The number of fused-ring (bicyclic) bond motifs is 1. The Bertz CT molecular complexity index is 1920. The molecule has 3 heterocycles. The van der Waals surface area contributed by atoms with E-state index in [0.29, 0.717) is 64.1 Å². The number of likely N-dealkylation sites (N-methyl/N-ethyl adjacent to an activating group) is 1. The monoisotopic (exact) mass is 642 g/mol. The second-order valence-electron chi connectivity index (χ2n) is 11.3. The van der Waals surface area contributed by atoms with E-state index in [-0.39, 0.29) is 11.7 Å². The van der Waals surface area contributed by atoms with Crippen molar-refractivity contribution in [3.05, 3.63) is 90.8 Å². The minimum atomic E-state index is -4.56. The number of hydrogen-bond acceptors (Lipinski definition) is 8. The summed E-state index contributed by atoms with van der Waals surface area (Å²) >= 11 is 0. The van der Waals surface area contributed by atoms with Gasteiger partial charge in [-0.25, -0.2) is 19.7 Å². The van der Waals surface area contributed by atoms with Crippen molar-refractivity contribution in [3.63, 3.8) is 0 Å². The third kappa shape index (κ3) is 6.89. The van der Waals surface area contributed by atoms with Gasteiger partial charge in [-0.15, -0.1) is 0 Å². The summed E-state index contributed by atoms with van der Waals surface area (Å²) in [5.74, 6) is 1.26. The number of nitrogens with zero attached hydrogens (tertiary/aromatic N) is 5. The minimum absolute atomic E-state index is 0.0785. The molecule has 242 valence electrons. The first-order valence-corrected chi connectivity index (χ1v) is 15.0. The largest absolute Gasteiger partial charge is 0.438 e. The van der Waals surface area contributed by atoms with E-state index >= 15 is 0 Å². The van der Waals surface area contributed by atoms with Crippen molar-refractivity contribution in [1.29, 1.82) is 0 Å². The summed E-state index contributed by atoms with van der Waals surface area (Å²) in [6, 6.07) is 19.1. The molecular formula is C34H33F3N8O2. The molecule has 1 aliphatic rings. The molecule has 10 nitrogen and oxygen atoms in total. The Morgan fingerprint density at radius 2 is 1.72 bits per heavy atom. The second-order valence-corrected chi connectivity index (χ2v) is 11.3. The molecule has 0 unspecified atom stereocenters. The number of carbonyl (C=O) groups is 1. The summed E-state index contributed by atoms with van der Waals surface area (Å²) in [6.45, 7) is 1.29. The molecule has 3 N–H and O–H groups in total. The van der Waals surface area contributed by atoms with E-state index in [1.807, 2.05) is 49.3 Å². The summed E-state index contributed by atoms with van der Waals surface area (Å²) < 4.78 is 47.4. The molecule has 0 radical (unpaired) electrons. The zero-order chi connectivity index (χ0) is 33.1. The fourth-order valence-corrected chi connectivity index (χ4v) is 5.62. The number of hydrogen-bond donors (Lipinski definition) is 3.